The first kappa shape index (κ1) is 14.9. The summed E-state index contributed by atoms with van der Waals surface area (Å²) >= 11 is 0. The van der Waals surface area contributed by atoms with Gasteiger partial charge in [0.1, 0.15) is 5.75 Å². The normalized spacial score (nSPS) is 15.9. The number of esters is 1. The van der Waals surface area contributed by atoms with Crippen LogP contribution in [0.4, 0.5) is 8.78 Å². The Morgan fingerprint density at radius 2 is 2.04 bits per heavy atom. The lowest BCUT2D eigenvalue weighted by Gasteiger charge is -2.04. The molecule has 0 saturated heterocycles. The lowest BCUT2D eigenvalue weighted by molar-refractivity contribution is -0.129. The monoisotopic (exact) mass is 319 g/mol. The van der Waals surface area contributed by atoms with Gasteiger partial charge in [0.25, 0.3) is 0 Å². The molecule has 0 amide bonds. The fourth-order valence-corrected chi connectivity index (χ4v) is 1.98. The number of carbonyl (C=O) groups is 1. The number of cyclic esters (lactones) is 1. The van der Waals surface area contributed by atoms with E-state index in [0.717, 1.165) is 0 Å². The Hall–Kier alpha value is -3.03. The van der Waals surface area contributed by atoms with Crippen molar-refractivity contribution in [2.75, 3.05) is 0 Å². The topological polar surface area (TPSA) is 65.7 Å². The Morgan fingerprint density at radius 1 is 1.30 bits per heavy atom. The van der Waals surface area contributed by atoms with Crippen molar-refractivity contribution in [3.63, 3.8) is 0 Å². The fraction of sp³-hybridized carbons (Fsp3) is 0.133. The Bertz CT molecular complexity index is 795. The van der Waals surface area contributed by atoms with E-state index in [-0.39, 0.29) is 17.3 Å². The zero-order valence-corrected chi connectivity index (χ0v) is 11.9. The Balaban J connectivity index is 1.82. The molecule has 0 aliphatic carbocycles. The predicted molar refractivity (Wildman–Crippen MR) is 76.9 cm³/mol. The lowest BCUT2D eigenvalue weighted by atomic mass is 10.2. The van der Waals surface area contributed by atoms with E-state index in [0.29, 0.717) is 11.1 Å². The summed E-state index contributed by atoms with van der Waals surface area (Å²) in [5.41, 5.74) is 1.33. The van der Waals surface area contributed by atoms with E-state index < -0.39 is 12.6 Å². The number of nitrogens with zero attached hydrogens (tertiary/aromatic N) is 3. The summed E-state index contributed by atoms with van der Waals surface area (Å²) in [6.07, 6.45) is 4.87. The van der Waals surface area contributed by atoms with E-state index in [9.17, 15) is 13.6 Å². The van der Waals surface area contributed by atoms with Crippen LogP contribution in [-0.4, -0.2) is 28.3 Å². The Morgan fingerprint density at radius 3 is 2.65 bits per heavy atom. The van der Waals surface area contributed by atoms with Crippen molar-refractivity contribution in [2.45, 2.75) is 6.61 Å². The molecular formula is C15H11F2N3O3. The molecule has 118 valence electrons. The largest absolute Gasteiger partial charge is 0.435 e. The minimum Gasteiger partial charge on any atom is -0.435 e. The summed E-state index contributed by atoms with van der Waals surface area (Å²) in [6, 6.07) is 5.66. The van der Waals surface area contributed by atoms with Crippen molar-refractivity contribution in [3.05, 3.63) is 53.5 Å². The van der Waals surface area contributed by atoms with Gasteiger partial charge in [-0.25, -0.2) is 9.79 Å². The van der Waals surface area contributed by atoms with Gasteiger partial charge in [-0.2, -0.15) is 13.9 Å². The Labute approximate surface area is 129 Å². The second-order valence-electron chi connectivity index (χ2n) is 4.69. The molecule has 8 heteroatoms. The quantitative estimate of drug-likeness (QED) is 0.641. The van der Waals surface area contributed by atoms with Crippen LogP contribution in [0.5, 0.6) is 5.75 Å². The summed E-state index contributed by atoms with van der Waals surface area (Å²) in [6.45, 7) is -2.89. The average Bonchev–Trinajstić information content (AvgIpc) is 3.06. The van der Waals surface area contributed by atoms with E-state index in [1.807, 2.05) is 0 Å². The zero-order chi connectivity index (χ0) is 16.4. The minimum atomic E-state index is -2.89. The Kier molecular flexibility index (Phi) is 3.88. The smallest absolute Gasteiger partial charge is 0.387 e. The highest BCUT2D eigenvalue weighted by Crippen LogP contribution is 2.21. The standard InChI is InChI=1S/C15H11F2N3O3/c1-20-8-9(7-18-20)6-12-14(21)23-13(19-12)10-2-4-11(5-3-10)22-15(16)17/h2-8,15H,1H3/b12-6+. The number of halogens is 2. The third-order valence-corrected chi connectivity index (χ3v) is 2.98. The molecular weight excluding hydrogens is 308 g/mol. The highest BCUT2D eigenvalue weighted by Gasteiger charge is 2.24. The minimum absolute atomic E-state index is 0.0137. The third-order valence-electron chi connectivity index (χ3n) is 2.98. The highest BCUT2D eigenvalue weighted by molar-refractivity contribution is 6.12. The van der Waals surface area contributed by atoms with Crippen molar-refractivity contribution in [1.82, 2.24) is 9.78 Å². The first-order chi connectivity index (χ1) is 11.0. The van der Waals surface area contributed by atoms with Gasteiger partial charge < -0.3 is 9.47 Å². The van der Waals surface area contributed by atoms with Gasteiger partial charge in [-0.3, -0.25) is 4.68 Å². The molecule has 23 heavy (non-hydrogen) atoms. The van der Waals surface area contributed by atoms with Crippen molar-refractivity contribution >= 4 is 17.9 Å². The zero-order valence-electron chi connectivity index (χ0n) is 11.9. The molecule has 0 atom stereocenters. The maximum absolute atomic E-state index is 12.1. The summed E-state index contributed by atoms with van der Waals surface area (Å²) in [5, 5.41) is 3.99. The maximum Gasteiger partial charge on any atom is 0.387 e. The van der Waals surface area contributed by atoms with Gasteiger partial charge in [-0.1, -0.05) is 0 Å². The number of rotatable bonds is 4. The maximum atomic E-state index is 12.1. The molecule has 2 heterocycles. The first-order valence-corrected chi connectivity index (χ1v) is 6.58. The molecule has 0 spiro atoms. The molecule has 0 radical (unpaired) electrons. The van der Waals surface area contributed by atoms with E-state index in [1.165, 1.54) is 24.3 Å². The fourth-order valence-electron chi connectivity index (χ4n) is 1.98. The van der Waals surface area contributed by atoms with Crippen LogP contribution in [0, 0.1) is 0 Å². The molecule has 0 unspecified atom stereocenters. The molecule has 0 bridgehead atoms. The van der Waals surface area contributed by atoms with Crippen LogP contribution in [0.3, 0.4) is 0 Å². The van der Waals surface area contributed by atoms with E-state index in [1.54, 1.807) is 30.2 Å². The van der Waals surface area contributed by atoms with Gasteiger partial charge in [0.15, 0.2) is 5.70 Å². The second-order valence-corrected chi connectivity index (χ2v) is 4.69. The number of aliphatic imine (C=N–C) groups is 1. The van der Waals surface area contributed by atoms with Crippen LogP contribution >= 0.6 is 0 Å². The molecule has 6 nitrogen and oxygen atoms in total. The SMILES string of the molecule is Cn1cc(/C=C2/N=C(c3ccc(OC(F)F)cc3)OC2=O)cn1. The number of aryl methyl sites for hydroxylation is 1. The molecule has 1 aliphatic rings. The number of ether oxygens (including phenoxy) is 2. The van der Waals surface area contributed by atoms with Crippen molar-refractivity contribution in [2.24, 2.45) is 12.0 Å². The number of alkyl halides is 2. The molecule has 3 rings (SSSR count). The van der Waals surface area contributed by atoms with E-state index in [4.69, 9.17) is 4.74 Å². The number of hydrogen-bond donors (Lipinski definition) is 0. The summed E-state index contributed by atoms with van der Waals surface area (Å²) in [7, 11) is 1.76. The average molecular weight is 319 g/mol. The van der Waals surface area contributed by atoms with Crippen molar-refractivity contribution in [3.8, 4) is 5.75 Å². The van der Waals surface area contributed by atoms with Gasteiger partial charge >= 0.3 is 12.6 Å². The van der Waals surface area contributed by atoms with E-state index >= 15 is 0 Å². The van der Waals surface area contributed by atoms with Gasteiger partial charge in [0.2, 0.25) is 5.90 Å². The molecule has 1 aliphatic heterocycles. The summed E-state index contributed by atoms with van der Waals surface area (Å²) in [4.78, 5) is 15.9. The molecule has 2 aromatic rings. The molecule has 0 fully saturated rings. The van der Waals surface area contributed by atoms with Crippen LogP contribution in [0.2, 0.25) is 0 Å². The van der Waals surface area contributed by atoms with Crippen molar-refractivity contribution in [1.29, 1.82) is 0 Å². The van der Waals surface area contributed by atoms with Gasteiger partial charge in [0, 0.05) is 24.4 Å². The van der Waals surface area contributed by atoms with Crippen LogP contribution < -0.4 is 4.74 Å². The highest BCUT2D eigenvalue weighted by atomic mass is 19.3. The summed E-state index contributed by atoms with van der Waals surface area (Å²) in [5.74, 6) is -0.467. The predicted octanol–water partition coefficient (Wildman–Crippen LogP) is 2.37. The number of benzene rings is 1. The summed E-state index contributed by atoms with van der Waals surface area (Å²) < 4.78 is 35.1. The van der Waals surface area contributed by atoms with Crippen LogP contribution in [-0.2, 0) is 16.6 Å². The number of carbonyl (C=O) groups excluding carboxylic acids is 1. The number of aromatic nitrogens is 2. The third kappa shape index (κ3) is 3.42. The molecule has 1 aromatic heterocycles. The molecule has 0 saturated carbocycles. The van der Waals surface area contributed by atoms with Crippen molar-refractivity contribution < 1.29 is 23.0 Å². The first-order valence-electron chi connectivity index (χ1n) is 6.58. The second kappa shape index (κ2) is 5.99. The lowest BCUT2D eigenvalue weighted by Crippen LogP contribution is -2.06. The molecule has 0 N–H and O–H groups in total. The number of hydrogen-bond acceptors (Lipinski definition) is 5. The van der Waals surface area contributed by atoms with Gasteiger partial charge in [0.05, 0.1) is 6.20 Å². The van der Waals surface area contributed by atoms with Crippen LogP contribution in [0.25, 0.3) is 6.08 Å². The van der Waals surface area contributed by atoms with Crippen LogP contribution in [0.15, 0.2) is 47.3 Å². The van der Waals surface area contributed by atoms with Gasteiger partial charge in [-0.05, 0) is 30.3 Å². The van der Waals surface area contributed by atoms with Gasteiger partial charge in [-0.15, -0.1) is 0 Å². The van der Waals surface area contributed by atoms with Crippen LogP contribution in [0.1, 0.15) is 11.1 Å². The van der Waals surface area contributed by atoms with E-state index in [2.05, 4.69) is 14.8 Å². The molecule has 1 aromatic carbocycles.